The van der Waals surface area contributed by atoms with Gasteiger partial charge in [0, 0.05) is 30.1 Å². The second kappa shape index (κ2) is 9.75. The van der Waals surface area contributed by atoms with Crippen LogP contribution in [0.15, 0.2) is 34.1 Å². The lowest BCUT2D eigenvalue weighted by molar-refractivity contribution is -0.113. The number of benzene rings is 1. The maximum atomic E-state index is 12.4. The van der Waals surface area contributed by atoms with Crippen molar-refractivity contribution in [3.05, 3.63) is 46.0 Å². The Kier molecular flexibility index (Phi) is 7.11. The summed E-state index contributed by atoms with van der Waals surface area (Å²) in [5.41, 5.74) is 2.47. The first-order valence-corrected chi connectivity index (χ1v) is 10.5. The quantitative estimate of drug-likeness (QED) is 0.493. The zero-order chi connectivity index (χ0) is 19.9. The number of carbonyl (C=O) groups is 1. The molecule has 0 saturated carbocycles. The number of carbonyl (C=O) groups excluding carboxylic acids is 1. The second-order valence-electron chi connectivity index (χ2n) is 6.50. The standard InChI is InChI=1S/C20H25N3O4S/c1-2-27-15-9-7-14(8-10-15)21-18(25)13-28-19-16-5-3-6-17(16)23(11-4-12-24)20(26)22-19/h7-10,24H,2-6,11-13H2,1H3,(H,21,25). The summed E-state index contributed by atoms with van der Waals surface area (Å²) in [6.07, 6.45) is 3.21. The molecule has 7 nitrogen and oxygen atoms in total. The number of nitrogens with zero attached hydrogens (tertiary/aromatic N) is 2. The van der Waals surface area contributed by atoms with E-state index in [1.54, 1.807) is 16.7 Å². The Labute approximate surface area is 168 Å². The van der Waals surface area contributed by atoms with Crippen molar-refractivity contribution >= 4 is 23.4 Å². The third-order valence-corrected chi connectivity index (χ3v) is 5.55. The van der Waals surface area contributed by atoms with E-state index < -0.39 is 0 Å². The first-order chi connectivity index (χ1) is 13.6. The molecular weight excluding hydrogens is 378 g/mol. The van der Waals surface area contributed by atoms with Crippen LogP contribution in [0.5, 0.6) is 5.75 Å². The number of aliphatic hydroxyl groups is 1. The second-order valence-corrected chi connectivity index (χ2v) is 7.47. The summed E-state index contributed by atoms with van der Waals surface area (Å²) in [4.78, 5) is 28.9. The van der Waals surface area contributed by atoms with Gasteiger partial charge < -0.3 is 15.2 Å². The summed E-state index contributed by atoms with van der Waals surface area (Å²) in [6, 6.07) is 7.22. The van der Waals surface area contributed by atoms with Crippen molar-refractivity contribution in [3.8, 4) is 5.75 Å². The molecule has 28 heavy (non-hydrogen) atoms. The highest BCUT2D eigenvalue weighted by molar-refractivity contribution is 8.00. The van der Waals surface area contributed by atoms with Gasteiger partial charge >= 0.3 is 5.69 Å². The molecule has 0 atom stereocenters. The summed E-state index contributed by atoms with van der Waals surface area (Å²) in [7, 11) is 0. The van der Waals surface area contributed by atoms with Crippen molar-refractivity contribution in [1.82, 2.24) is 9.55 Å². The van der Waals surface area contributed by atoms with Crippen molar-refractivity contribution in [1.29, 1.82) is 0 Å². The molecule has 1 amide bonds. The van der Waals surface area contributed by atoms with Gasteiger partial charge in [-0.05, 0) is 56.9 Å². The van der Waals surface area contributed by atoms with E-state index in [0.29, 0.717) is 30.3 Å². The lowest BCUT2D eigenvalue weighted by atomic mass is 10.2. The van der Waals surface area contributed by atoms with Crippen LogP contribution in [-0.2, 0) is 24.2 Å². The number of rotatable bonds is 9. The molecule has 2 aromatic rings. The van der Waals surface area contributed by atoms with Crippen LogP contribution in [0.3, 0.4) is 0 Å². The summed E-state index contributed by atoms with van der Waals surface area (Å²) in [5.74, 6) is 0.802. The Morgan fingerprint density at radius 3 is 2.82 bits per heavy atom. The lowest BCUT2D eigenvalue weighted by Crippen LogP contribution is -2.28. The zero-order valence-electron chi connectivity index (χ0n) is 15.9. The molecule has 1 aromatic heterocycles. The average Bonchev–Trinajstić information content (AvgIpc) is 3.17. The molecule has 8 heteroatoms. The van der Waals surface area contributed by atoms with E-state index in [9.17, 15) is 9.59 Å². The van der Waals surface area contributed by atoms with Crippen molar-refractivity contribution in [2.75, 3.05) is 24.3 Å². The van der Waals surface area contributed by atoms with Gasteiger partial charge in [-0.1, -0.05) is 11.8 Å². The number of hydrogen-bond donors (Lipinski definition) is 2. The number of anilines is 1. The maximum Gasteiger partial charge on any atom is 0.348 e. The van der Waals surface area contributed by atoms with Crippen molar-refractivity contribution in [3.63, 3.8) is 0 Å². The van der Waals surface area contributed by atoms with Gasteiger partial charge in [0.1, 0.15) is 10.8 Å². The van der Waals surface area contributed by atoms with Crippen LogP contribution in [0.1, 0.15) is 31.0 Å². The van der Waals surface area contributed by atoms with E-state index in [1.165, 1.54) is 11.8 Å². The van der Waals surface area contributed by atoms with E-state index >= 15 is 0 Å². The Balaban J connectivity index is 1.64. The molecular formula is C20H25N3O4S. The van der Waals surface area contributed by atoms with Crippen LogP contribution in [0, 0.1) is 0 Å². The molecule has 1 aromatic carbocycles. The number of thioether (sulfide) groups is 1. The van der Waals surface area contributed by atoms with E-state index in [4.69, 9.17) is 9.84 Å². The van der Waals surface area contributed by atoms with Gasteiger partial charge in [0.25, 0.3) is 0 Å². The van der Waals surface area contributed by atoms with Gasteiger partial charge in [0.2, 0.25) is 5.91 Å². The Morgan fingerprint density at radius 1 is 1.32 bits per heavy atom. The summed E-state index contributed by atoms with van der Waals surface area (Å²) in [6.45, 7) is 3.04. The summed E-state index contributed by atoms with van der Waals surface area (Å²) >= 11 is 1.30. The maximum absolute atomic E-state index is 12.4. The molecule has 0 bridgehead atoms. The van der Waals surface area contributed by atoms with E-state index in [-0.39, 0.29) is 24.0 Å². The van der Waals surface area contributed by atoms with Gasteiger partial charge in [-0.2, -0.15) is 4.98 Å². The lowest BCUT2D eigenvalue weighted by Gasteiger charge is -2.13. The predicted molar refractivity (Wildman–Crippen MR) is 109 cm³/mol. The van der Waals surface area contributed by atoms with Crippen molar-refractivity contribution in [2.45, 2.75) is 44.2 Å². The van der Waals surface area contributed by atoms with Crippen LogP contribution in [-0.4, -0.2) is 39.5 Å². The minimum absolute atomic E-state index is 0.0451. The molecule has 1 heterocycles. The molecule has 0 radical (unpaired) electrons. The SMILES string of the molecule is CCOc1ccc(NC(=O)CSc2nc(=O)n(CCCO)c3c2CCC3)cc1. The normalized spacial score (nSPS) is 12.6. The van der Waals surface area contributed by atoms with Crippen LogP contribution < -0.4 is 15.7 Å². The Morgan fingerprint density at radius 2 is 2.11 bits per heavy atom. The number of amides is 1. The van der Waals surface area contributed by atoms with Gasteiger partial charge in [0.05, 0.1) is 12.4 Å². The molecule has 1 aliphatic rings. The highest BCUT2D eigenvalue weighted by Crippen LogP contribution is 2.29. The molecule has 0 unspecified atom stereocenters. The van der Waals surface area contributed by atoms with Gasteiger partial charge in [-0.25, -0.2) is 4.79 Å². The average molecular weight is 404 g/mol. The third-order valence-electron chi connectivity index (χ3n) is 4.53. The summed E-state index contributed by atoms with van der Waals surface area (Å²) in [5, 5.41) is 12.5. The molecule has 3 rings (SSSR count). The van der Waals surface area contributed by atoms with Crippen LogP contribution in [0.4, 0.5) is 5.69 Å². The Bertz CT molecular complexity index is 880. The molecule has 1 aliphatic carbocycles. The van der Waals surface area contributed by atoms with Crippen molar-refractivity contribution < 1.29 is 14.6 Å². The zero-order valence-corrected chi connectivity index (χ0v) is 16.8. The fourth-order valence-electron chi connectivity index (χ4n) is 3.30. The fourth-order valence-corrected chi connectivity index (χ4v) is 4.17. The highest BCUT2D eigenvalue weighted by atomic mass is 32.2. The predicted octanol–water partition coefficient (Wildman–Crippen LogP) is 2.24. The van der Waals surface area contributed by atoms with Gasteiger partial charge in [-0.15, -0.1) is 0 Å². The number of ether oxygens (including phenoxy) is 1. The number of fused-ring (bicyclic) bond motifs is 1. The smallest absolute Gasteiger partial charge is 0.348 e. The first-order valence-electron chi connectivity index (χ1n) is 9.51. The molecule has 0 aliphatic heterocycles. The fraction of sp³-hybridized carbons (Fsp3) is 0.450. The minimum Gasteiger partial charge on any atom is -0.494 e. The number of aromatic nitrogens is 2. The largest absolute Gasteiger partial charge is 0.494 e. The Hall–Kier alpha value is -2.32. The monoisotopic (exact) mass is 403 g/mol. The van der Waals surface area contributed by atoms with Gasteiger partial charge in [0.15, 0.2) is 0 Å². The number of nitrogens with one attached hydrogen (secondary N) is 1. The van der Waals surface area contributed by atoms with E-state index in [1.807, 2.05) is 19.1 Å². The molecule has 150 valence electrons. The van der Waals surface area contributed by atoms with Crippen molar-refractivity contribution in [2.24, 2.45) is 0 Å². The molecule has 0 saturated heterocycles. The topological polar surface area (TPSA) is 93.5 Å². The van der Waals surface area contributed by atoms with E-state index in [2.05, 4.69) is 10.3 Å². The van der Waals surface area contributed by atoms with Crippen LogP contribution >= 0.6 is 11.8 Å². The van der Waals surface area contributed by atoms with Crippen LogP contribution in [0.2, 0.25) is 0 Å². The number of aliphatic hydroxyl groups excluding tert-OH is 1. The summed E-state index contributed by atoms with van der Waals surface area (Å²) < 4.78 is 7.06. The minimum atomic E-state index is -0.302. The highest BCUT2D eigenvalue weighted by Gasteiger charge is 2.22. The van der Waals surface area contributed by atoms with E-state index in [0.717, 1.165) is 36.3 Å². The first kappa shape index (κ1) is 20.4. The molecule has 0 fully saturated rings. The number of hydrogen-bond acceptors (Lipinski definition) is 6. The third kappa shape index (κ3) is 4.94. The molecule has 0 spiro atoms. The molecule has 2 N–H and O–H groups in total. The van der Waals surface area contributed by atoms with Crippen LogP contribution in [0.25, 0.3) is 0 Å². The van der Waals surface area contributed by atoms with Gasteiger partial charge in [-0.3, -0.25) is 9.36 Å².